The van der Waals surface area contributed by atoms with Crippen molar-refractivity contribution in [1.82, 2.24) is 4.98 Å². The lowest BCUT2D eigenvalue weighted by Crippen LogP contribution is -2.06. The number of hydrogen-bond acceptors (Lipinski definition) is 2. The van der Waals surface area contributed by atoms with Gasteiger partial charge in [-0.25, -0.2) is 4.98 Å². The molecule has 0 aliphatic heterocycles. The van der Waals surface area contributed by atoms with E-state index in [0.717, 1.165) is 16.5 Å². The smallest absolute Gasteiger partial charge is 0.234 e. The highest BCUT2D eigenvalue weighted by molar-refractivity contribution is 7.18. The van der Waals surface area contributed by atoms with Crippen LogP contribution in [0, 0.1) is 6.20 Å². The maximum Gasteiger partial charge on any atom is 0.417 e. The molecule has 0 spiro atoms. The van der Waals surface area contributed by atoms with Crippen LogP contribution >= 0.6 is 11.3 Å². The van der Waals surface area contributed by atoms with Crippen molar-refractivity contribution in [2.45, 2.75) is 6.18 Å². The highest BCUT2D eigenvalue weighted by Gasteiger charge is 2.34. The van der Waals surface area contributed by atoms with E-state index in [0.29, 0.717) is 5.01 Å². The van der Waals surface area contributed by atoms with Crippen molar-refractivity contribution >= 4 is 11.3 Å². The van der Waals surface area contributed by atoms with Gasteiger partial charge in [0.25, 0.3) is 0 Å². The molecule has 0 aliphatic carbocycles. The summed E-state index contributed by atoms with van der Waals surface area (Å²) < 4.78 is 39.1. The molecule has 1 aromatic heterocycles. The summed E-state index contributed by atoms with van der Waals surface area (Å²) >= 11 is 1.20. The van der Waals surface area contributed by atoms with Crippen molar-refractivity contribution in [1.29, 1.82) is 0 Å². The van der Waals surface area contributed by atoms with Crippen LogP contribution in [0.15, 0.2) is 54.6 Å². The van der Waals surface area contributed by atoms with Crippen molar-refractivity contribution in [2.24, 2.45) is 0 Å². The number of hydrogen-bond donors (Lipinski definition) is 0. The summed E-state index contributed by atoms with van der Waals surface area (Å²) in [6, 6.07) is 14.8. The van der Waals surface area contributed by atoms with E-state index in [-0.39, 0.29) is 5.56 Å². The Hall–Kier alpha value is -2.14. The standard InChI is InChI=1S/C16H9F3NS/c17-16(18,19)13-9-5-4-8-12(13)15-20-10-14(21-15)11-6-2-1-3-7-11/h1-9H. The van der Waals surface area contributed by atoms with E-state index < -0.39 is 11.7 Å². The molecule has 0 N–H and O–H groups in total. The SMILES string of the molecule is FC(F)(F)c1ccccc1-c1n[c]c(-c2ccccc2)s1. The van der Waals surface area contributed by atoms with Crippen LogP contribution in [0.25, 0.3) is 21.0 Å². The molecule has 1 nitrogen and oxygen atoms in total. The van der Waals surface area contributed by atoms with Crippen molar-refractivity contribution in [3.05, 3.63) is 66.4 Å². The maximum absolute atomic E-state index is 13.0. The Morgan fingerprint density at radius 1 is 0.905 bits per heavy atom. The minimum atomic E-state index is -4.39. The Morgan fingerprint density at radius 2 is 1.57 bits per heavy atom. The minimum Gasteiger partial charge on any atom is -0.234 e. The Labute approximate surface area is 123 Å². The minimum absolute atomic E-state index is 0.0911. The highest BCUT2D eigenvalue weighted by atomic mass is 32.1. The van der Waals surface area contributed by atoms with E-state index in [2.05, 4.69) is 11.2 Å². The number of alkyl halides is 3. The van der Waals surface area contributed by atoms with Crippen LogP contribution in [0.3, 0.4) is 0 Å². The van der Waals surface area contributed by atoms with Gasteiger partial charge in [0, 0.05) is 5.56 Å². The first-order chi connectivity index (χ1) is 10.1. The lowest BCUT2D eigenvalue weighted by atomic mass is 10.1. The largest absolute Gasteiger partial charge is 0.417 e. The molecule has 1 heterocycles. The molecule has 3 rings (SSSR count). The second-order valence-corrected chi connectivity index (χ2v) is 5.37. The molecule has 1 radical (unpaired) electrons. The van der Waals surface area contributed by atoms with E-state index in [1.807, 2.05) is 30.3 Å². The number of thiazole rings is 1. The second-order valence-electron chi connectivity index (χ2n) is 4.37. The molecule has 0 saturated heterocycles. The zero-order valence-corrected chi connectivity index (χ0v) is 11.5. The second kappa shape index (κ2) is 5.33. The average molecular weight is 304 g/mol. The Balaban J connectivity index is 2.06. The first kappa shape index (κ1) is 13.8. The van der Waals surface area contributed by atoms with Gasteiger partial charge in [-0.2, -0.15) is 13.2 Å². The molecule has 0 saturated carbocycles. The fraction of sp³-hybridized carbons (Fsp3) is 0.0625. The molecule has 5 heteroatoms. The average Bonchev–Trinajstić information content (AvgIpc) is 2.97. The predicted octanol–water partition coefficient (Wildman–Crippen LogP) is 5.30. The van der Waals surface area contributed by atoms with Crippen LogP contribution in [0.1, 0.15) is 5.56 Å². The third-order valence-corrected chi connectivity index (χ3v) is 3.99. The summed E-state index contributed by atoms with van der Waals surface area (Å²) in [5.74, 6) is 0. The summed E-state index contributed by atoms with van der Waals surface area (Å²) in [7, 11) is 0. The van der Waals surface area contributed by atoms with E-state index >= 15 is 0 Å². The highest BCUT2D eigenvalue weighted by Crippen LogP contribution is 2.39. The zero-order valence-electron chi connectivity index (χ0n) is 10.7. The number of halogens is 3. The molecular weight excluding hydrogens is 295 g/mol. The van der Waals surface area contributed by atoms with Gasteiger partial charge in [0.05, 0.1) is 10.4 Å². The summed E-state index contributed by atoms with van der Waals surface area (Å²) in [4.78, 5) is 4.76. The lowest BCUT2D eigenvalue weighted by molar-refractivity contribution is -0.137. The van der Waals surface area contributed by atoms with Gasteiger partial charge in [-0.15, -0.1) is 11.3 Å². The van der Waals surface area contributed by atoms with E-state index in [4.69, 9.17) is 0 Å². The van der Waals surface area contributed by atoms with Gasteiger partial charge in [-0.3, -0.25) is 0 Å². The monoisotopic (exact) mass is 304 g/mol. The molecule has 0 atom stereocenters. The summed E-state index contributed by atoms with van der Waals surface area (Å²) in [6.45, 7) is 0. The number of benzene rings is 2. The quantitative estimate of drug-likeness (QED) is 0.626. The lowest BCUT2D eigenvalue weighted by Gasteiger charge is -2.10. The summed E-state index contributed by atoms with van der Waals surface area (Å²) in [6.07, 6.45) is -1.59. The van der Waals surface area contributed by atoms with Crippen molar-refractivity contribution in [2.75, 3.05) is 0 Å². The fourth-order valence-electron chi connectivity index (χ4n) is 1.99. The Kier molecular flexibility index (Phi) is 3.51. The van der Waals surface area contributed by atoms with Gasteiger partial charge in [-0.05, 0) is 11.6 Å². The first-order valence-corrected chi connectivity index (χ1v) is 6.98. The molecule has 2 aromatic carbocycles. The van der Waals surface area contributed by atoms with Crippen LogP contribution in [-0.4, -0.2) is 4.98 Å². The molecule has 105 valence electrons. The third kappa shape index (κ3) is 2.83. The molecule has 21 heavy (non-hydrogen) atoms. The Bertz CT molecular complexity index is 747. The van der Waals surface area contributed by atoms with Gasteiger partial charge in [-0.1, -0.05) is 48.5 Å². The van der Waals surface area contributed by atoms with Gasteiger partial charge in [0.2, 0.25) is 0 Å². The molecule has 0 unspecified atom stereocenters. The predicted molar refractivity (Wildman–Crippen MR) is 76.8 cm³/mol. The zero-order chi connectivity index (χ0) is 14.9. The van der Waals surface area contributed by atoms with Crippen molar-refractivity contribution < 1.29 is 13.2 Å². The maximum atomic E-state index is 13.0. The van der Waals surface area contributed by atoms with Crippen LogP contribution in [-0.2, 0) is 6.18 Å². The molecule has 0 bridgehead atoms. The summed E-state index contributed by atoms with van der Waals surface area (Å²) in [5, 5.41) is 0.321. The van der Waals surface area contributed by atoms with Crippen LogP contribution in [0.2, 0.25) is 0 Å². The number of rotatable bonds is 2. The van der Waals surface area contributed by atoms with Crippen molar-refractivity contribution in [3.63, 3.8) is 0 Å². The first-order valence-electron chi connectivity index (χ1n) is 6.16. The molecule has 0 fully saturated rings. The van der Waals surface area contributed by atoms with E-state index in [9.17, 15) is 13.2 Å². The number of aromatic nitrogens is 1. The third-order valence-electron chi connectivity index (χ3n) is 2.96. The van der Waals surface area contributed by atoms with E-state index in [1.165, 1.54) is 23.5 Å². The van der Waals surface area contributed by atoms with Gasteiger partial charge < -0.3 is 0 Å². The van der Waals surface area contributed by atoms with Gasteiger partial charge in [0.15, 0.2) is 0 Å². The van der Waals surface area contributed by atoms with E-state index in [1.54, 1.807) is 6.07 Å². The summed E-state index contributed by atoms with van der Waals surface area (Å²) in [5.41, 5.74) is 0.312. The fourth-order valence-corrected chi connectivity index (χ4v) is 2.91. The van der Waals surface area contributed by atoms with Crippen LogP contribution in [0.4, 0.5) is 13.2 Å². The topological polar surface area (TPSA) is 12.9 Å². The molecule has 0 amide bonds. The van der Waals surface area contributed by atoms with Crippen molar-refractivity contribution in [3.8, 4) is 21.0 Å². The van der Waals surface area contributed by atoms with Crippen LogP contribution < -0.4 is 0 Å². The molecular formula is C16H9F3NS. The normalized spacial score (nSPS) is 11.6. The Morgan fingerprint density at radius 3 is 2.29 bits per heavy atom. The molecule has 0 aliphatic rings. The van der Waals surface area contributed by atoms with Crippen LogP contribution in [0.5, 0.6) is 0 Å². The van der Waals surface area contributed by atoms with Gasteiger partial charge in [0.1, 0.15) is 11.2 Å². The van der Waals surface area contributed by atoms with Gasteiger partial charge >= 0.3 is 6.18 Å². The molecule has 3 aromatic rings. The number of nitrogens with zero attached hydrogens (tertiary/aromatic N) is 1.